The molecule has 0 aliphatic carbocycles. The number of aromatic nitrogens is 2. The summed E-state index contributed by atoms with van der Waals surface area (Å²) in [6.45, 7) is 0.998. The summed E-state index contributed by atoms with van der Waals surface area (Å²) in [6.07, 6.45) is 3.61. The van der Waals surface area contributed by atoms with Crippen molar-refractivity contribution >= 4 is 17.5 Å². The third-order valence-corrected chi connectivity index (χ3v) is 8.29. The van der Waals surface area contributed by atoms with Crippen molar-refractivity contribution < 1.29 is 23.0 Å². The van der Waals surface area contributed by atoms with Crippen LogP contribution < -0.4 is 20.5 Å². The van der Waals surface area contributed by atoms with E-state index in [9.17, 15) is 4.79 Å². The predicted octanol–water partition coefficient (Wildman–Crippen LogP) is 5.32. The second-order valence-electron chi connectivity index (χ2n) is 10.1. The topological polar surface area (TPSA) is 91.4 Å². The molecule has 3 aliphatic heterocycles. The maximum Gasteiger partial charge on any atom is 0.249 e. The molecule has 3 aliphatic rings. The second-order valence-corrected chi connectivity index (χ2v) is 10.5. The zero-order chi connectivity index (χ0) is 26.9. The van der Waals surface area contributed by atoms with E-state index in [2.05, 4.69) is 10.4 Å². The number of nitrogens with two attached hydrogens (primary N) is 1. The largest absolute Gasteiger partial charge is 0.480 e. The summed E-state index contributed by atoms with van der Waals surface area (Å²) < 4.78 is 45.8. The second kappa shape index (κ2) is 8.79. The van der Waals surface area contributed by atoms with E-state index < -0.39 is 23.1 Å². The van der Waals surface area contributed by atoms with Crippen molar-refractivity contribution in [2.24, 2.45) is 5.73 Å². The van der Waals surface area contributed by atoms with Gasteiger partial charge in [0.05, 0.1) is 29.4 Å². The number of carbonyl (C=O) groups is 1. The van der Waals surface area contributed by atoms with Crippen LogP contribution in [0.5, 0.6) is 17.4 Å². The van der Waals surface area contributed by atoms with Gasteiger partial charge in [0, 0.05) is 40.8 Å². The molecule has 1 aromatic heterocycles. The molecular weight excluding hydrogens is 526 g/mol. The number of rotatable bonds is 4. The number of benzene rings is 3. The third kappa shape index (κ3) is 3.57. The lowest BCUT2D eigenvalue weighted by Gasteiger charge is -2.35. The van der Waals surface area contributed by atoms with Gasteiger partial charge in [0.1, 0.15) is 11.6 Å². The van der Waals surface area contributed by atoms with Gasteiger partial charge in [-0.05, 0) is 31.0 Å². The highest BCUT2D eigenvalue weighted by Gasteiger charge is 2.50. The zero-order valence-corrected chi connectivity index (χ0v) is 21.4. The number of hydrogen-bond donors (Lipinski definition) is 2. The first-order valence-electron chi connectivity index (χ1n) is 12.7. The van der Waals surface area contributed by atoms with E-state index >= 15 is 8.78 Å². The Morgan fingerprint density at radius 2 is 2.00 bits per heavy atom. The first-order chi connectivity index (χ1) is 18.9. The number of carbonyl (C=O) groups excluding carboxylic acids is 1. The van der Waals surface area contributed by atoms with Crippen LogP contribution >= 0.6 is 11.6 Å². The molecule has 0 bridgehead atoms. The molecule has 0 saturated carbocycles. The van der Waals surface area contributed by atoms with Crippen molar-refractivity contribution in [3.8, 4) is 28.5 Å². The molecule has 4 aromatic rings. The number of fused-ring (bicyclic) bond motifs is 3. The minimum Gasteiger partial charge on any atom is -0.480 e. The van der Waals surface area contributed by atoms with E-state index in [0.717, 1.165) is 24.9 Å². The lowest BCUT2D eigenvalue weighted by atomic mass is 9.80. The first kappa shape index (κ1) is 24.1. The Kier molecular flexibility index (Phi) is 5.43. The van der Waals surface area contributed by atoms with Gasteiger partial charge < -0.3 is 20.5 Å². The highest BCUT2D eigenvalue weighted by atomic mass is 35.5. The van der Waals surface area contributed by atoms with E-state index in [1.165, 1.54) is 23.0 Å². The van der Waals surface area contributed by atoms with E-state index in [-0.39, 0.29) is 52.2 Å². The molecule has 3 N–H and O–H groups in total. The standard InChI is InChI=1S/C29H23ClF2N4O3/c30-25-19(31)12-20-18(13-29(39-20,21-7-4-9-34-21)16-5-2-1-3-6-16)23(25)24-17(28(33)37)11-15-14-36-22(8-10-35-36)38-27(15)26(24)32/h1-3,5-6,8,10-12,21,34H,4,7,9,13-14H2,(H2,33,37)/t21-,29-/m0/s1. The Balaban J connectivity index is 1.46. The van der Waals surface area contributed by atoms with Crippen molar-refractivity contribution in [2.75, 3.05) is 6.54 Å². The van der Waals surface area contributed by atoms with Gasteiger partial charge in [-0.3, -0.25) is 4.79 Å². The number of halogens is 3. The fourth-order valence-electron chi connectivity index (χ4n) is 6.17. The maximum absolute atomic E-state index is 16.5. The Hall–Kier alpha value is -3.95. The number of ether oxygens (including phenoxy) is 2. The van der Waals surface area contributed by atoms with Crippen LogP contribution in [-0.4, -0.2) is 28.3 Å². The molecule has 0 unspecified atom stereocenters. The van der Waals surface area contributed by atoms with E-state index in [1.54, 1.807) is 6.07 Å². The van der Waals surface area contributed by atoms with Crippen molar-refractivity contribution in [2.45, 2.75) is 37.5 Å². The summed E-state index contributed by atoms with van der Waals surface area (Å²) in [6, 6.07) is 13.9. The fraction of sp³-hybridized carbons (Fsp3) is 0.241. The number of nitrogens with zero attached hydrogens (tertiary/aromatic N) is 2. The van der Waals surface area contributed by atoms with Crippen LogP contribution in [0.1, 0.15) is 39.9 Å². The molecule has 1 saturated heterocycles. The van der Waals surface area contributed by atoms with Crippen LogP contribution in [0.15, 0.2) is 54.7 Å². The van der Waals surface area contributed by atoms with Crippen LogP contribution in [0, 0.1) is 11.6 Å². The van der Waals surface area contributed by atoms with Gasteiger partial charge in [0.2, 0.25) is 11.8 Å². The fourth-order valence-corrected chi connectivity index (χ4v) is 6.43. The van der Waals surface area contributed by atoms with Gasteiger partial charge in [0.15, 0.2) is 17.2 Å². The Bertz CT molecular complexity index is 1650. The van der Waals surface area contributed by atoms with E-state index in [0.29, 0.717) is 17.0 Å². The van der Waals surface area contributed by atoms with Gasteiger partial charge in [-0.2, -0.15) is 5.10 Å². The SMILES string of the molecule is NC(=O)c1cc2c(c(F)c1-c1c(Cl)c(F)cc3c1C[C@](c1ccccc1)([C@@H]1CCCN1)O3)Oc1ccnn1C2. The zero-order valence-electron chi connectivity index (χ0n) is 20.6. The average Bonchev–Trinajstić information content (AvgIpc) is 3.70. The molecule has 0 spiro atoms. The Labute approximate surface area is 227 Å². The predicted molar refractivity (Wildman–Crippen MR) is 140 cm³/mol. The summed E-state index contributed by atoms with van der Waals surface area (Å²) in [7, 11) is 0. The average molecular weight is 549 g/mol. The molecule has 10 heteroatoms. The van der Waals surface area contributed by atoms with Gasteiger partial charge in [-0.25, -0.2) is 13.5 Å². The van der Waals surface area contributed by atoms with Crippen molar-refractivity contribution in [3.63, 3.8) is 0 Å². The minimum atomic E-state index is -0.882. The normalized spacial score (nSPS) is 21.1. The first-order valence-corrected chi connectivity index (χ1v) is 13.1. The molecule has 39 heavy (non-hydrogen) atoms. The third-order valence-electron chi connectivity index (χ3n) is 7.92. The van der Waals surface area contributed by atoms with Gasteiger partial charge in [-0.15, -0.1) is 0 Å². The van der Waals surface area contributed by atoms with Crippen molar-refractivity contribution in [1.29, 1.82) is 0 Å². The Morgan fingerprint density at radius 1 is 1.18 bits per heavy atom. The number of nitrogens with one attached hydrogen (secondary N) is 1. The number of primary amides is 1. The van der Waals surface area contributed by atoms with E-state index in [1.807, 2.05) is 30.3 Å². The minimum absolute atomic E-state index is 0.0410. The molecule has 0 radical (unpaired) electrons. The smallest absolute Gasteiger partial charge is 0.249 e. The van der Waals surface area contributed by atoms with Gasteiger partial charge >= 0.3 is 0 Å². The van der Waals surface area contributed by atoms with Crippen LogP contribution in [0.2, 0.25) is 5.02 Å². The van der Waals surface area contributed by atoms with Crippen molar-refractivity contribution in [3.05, 3.63) is 93.6 Å². The molecule has 3 aromatic carbocycles. The lowest BCUT2D eigenvalue weighted by Crippen LogP contribution is -2.48. The van der Waals surface area contributed by atoms with Crippen LogP contribution in [0.25, 0.3) is 11.1 Å². The molecule has 7 nitrogen and oxygen atoms in total. The summed E-state index contributed by atoms with van der Waals surface area (Å²) in [4.78, 5) is 12.7. The molecular formula is C29H23ClF2N4O3. The molecule has 198 valence electrons. The van der Waals surface area contributed by atoms with Gasteiger partial charge in [0.25, 0.3) is 0 Å². The number of amides is 1. The van der Waals surface area contributed by atoms with E-state index in [4.69, 9.17) is 26.8 Å². The number of hydrogen-bond acceptors (Lipinski definition) is 5. The van der Waals surface area contributed by atoms with Gasteiger partial charge in [-0.1, -0.05) is 41.9 Å². The monoisotopic (exact) mass is 548 g/mol. The van der Waals surface area contributed by atoms with Crippen LogP contribution in [0.3, 0.4) is 0 Å². The quantitative estimate of drug-likeness (QED) is 0.317. The van der Waals surface area contributed by atoms with Crippen molar-refractivity contribution in [1.82, 2.24) is 15.1 Å². The van der Waals surface area contributed by atoms with Crippen LogP contribution in [-0.2, 0) is 18.6 Å². The highest BCUT2D eigenvalue weighted by molar-refractivity contribution is 6.34. The summed E-state index contributed by atoms with van der Waals surface area (Å²) in [5.74, 6) is -2.01. The summed E-state index contributed by atoms with van der Waals surface area (Å²) in [5.41, 5.74) is 6.37. The summed E-state index contributed by atoms with van der Waals surface area (Å²) in [5, 5.41) is 7.36. The molecule has 1 amide bonds. The maximum atomic E-state index is 16.5. The highest BCUT2D eigenvalue weighted by Crippen LogP contribution is 2.53. The lowest BCUT2D eigenvalue weighted by molar-refractivity contribution is 0.0539. The molecule has 1 fully saturated rings. The Morgan fingerprint density at radius 3 is 2.74 bits per heavy atom. The molecule has 2 atom stereocenters. The summed E-state index contributed by atoms with van der Waals surface area (Å²) >= 11 is 6.59. The molecule has 7 rings (SSSR count). The van der Waals surface area contributed by atoms with Crippen LogP contribution in [0.4, 0.5) is 8.78 Å². The molecule has 4 heterocycles.